The Hall–Kier alpha value is -0.570. The van der Waals surface area contributed by atoms with Gasteiger partial charge in [0.2, 0.25) is 0 Å². The predicted octanol–water partition coefficient (Wildman–Crippen LogP) is 0.315. The second-order valence-corrected chi connectivity index (χ2v) is 2.20. The highest BCUT2D eigenvalue weighted by Gasteiger charge is 2.16. The molecule has 0 radical (unpaired) electrons. The molecule has 0 aromatic rings. The van der Waals surface area contributed by atoms with Crippen molar-refractivity contribution in [2.75, 3.05) is 7.05 Å². The highest BCUT2D eigenvalue weighted by molar-refractivity contribution is 5.70. The molecule has 0 rings (SSSR count). The Bertz CT molecular complexity index is 103. The van der Waals surface area contributed by atoms with Gasteiger partial charge in [0.15, 0.2) is 0 Å². The van der Waals surface area contributed by atoms with E-state index in [1.54, 1.807) is 14.0 Å². The van der Waals surface area contributed by atoms with E-state index in [1.165, 1.54) is 0 Å². The summed E-state index contributed by atoms with van der Waals surface area (Å²) in [7, 11) is 1.75. The molecular formula is C6H13NO2. The molecular weight excluding hydrogens is 118 g/mol. The number of carboxylic acids is 1. The number of carboxylic acid groups (broad SMARTS) is 1. The van der Waals surface area contributed by atoms with Gasteiger partial charge >= 0.3 is 5.97 Å². The van der Waals surface area contributed by atoms with E-state index < -0.39 is 5.97 Å². The number of hydrogen-bond acceptors (Lipinski definition) is 2. The maximum Gasteiger partial charge on any atom is 0.307 e. The largest absolute Gasteiger partial charge is 0.481 e. The fraction of sp³-hybridized carbons (Fsp3) is 0.833. The molecule has 0 heterocycles. The van der Waals surface area contributed by atoms with Gasteiger partial charge in [0.1, 0.15) is 0 Å². The zero-order chi connectivity index (χ0) is 7.44. The molecule has 0 aromatic heterocycles. The van der Waals surface area contributed by atoms with Crippen molar-refractivity contribution < 1.29 is 9.90 Å². The zero-order valence-corrected chi connectivity index (χ0v) is 6.01. The lowest BCUT2D eigenvalue weighted by atomic mass is 10.1. The number of nitrogens with one attached hydrogen (secondary N) is 1. The van der Waals surface area contributed by atoms with Gasteiger partial charge in [-0.15, -0.1) is 0 Å². The minimum Gasteiger partial charge on any atom is -0.481 e. The van der Waals surface area contributed by atoms with Crippen LogP contribution in [0.25, 0.3) is 0 Å². The zero-order valence-electron chi connectivity index (χ0n) is 6.01. The van der Waals surface area contributed by atoms with Gasteiger partial charge in [-0.2, -0.15) is 0 Å². The molecule has 0 saturated carbocycles. The molecule has 2 N–H and O–H groups in total. The number of aliphatic carboxylic acids is 1. The van der Waals surface area contributed by atoms with Gasteiger partial charge in [0.25, 0.3) is 0 Å². The van der Waals surface area contributed by atoms with Crippen molar-refractivity contribution in [3.8, 4) is 0 Å². The molecule has 3 heteroatoms. The van der Waals surface area contributed by atoms with Gasteiger partial charge in [-0.05, 0) is 14.0 Å². The maximum absolute atomic E-state index is 10.3. The van der Waals surface area contributed by atoms with Crippen LogP contribution in [-0.2, 0) is 4.79 Å². The monoisotopic (exact) mass is 131 g/mol. The Morgan fingerprint density at radius 3 is 2.11 bits per heavy atom. The Labute approximate surface area is 55.1 Å². The summed E-state index contributed by atoms with van der Waals surface area (Å²) in [5.74, 6) is -1.06. The van der Waals surface area contributed by atoms with Crippen molar-refractivity contribution in [2.24, 2.45) is 5.92 Å². The first-order valence-electron chi connectivity index (χ1n) is 2.99. The summed E-state index contributed by atoms with van der Waals surface area (Å²) < 4.78 is 0. The predicted molar refractivity (Wildman–Crippen MR) is 35.3 cm³/mol. The third-order valence-electron chi connectivity index (χ3n) is 1.59. The summed E-state index contributed by atoms with van der Waals surface area (Å²) in [4.78, 5) is 10.3. The molecule has 0 fully saturated rings. The molecule has 0 saturated heterocycles. The highest BCUT2D eigenvalue weighted by atomic mass is 16.4. The van der Waals surface area contributed by atoms with Gasteiger partial charge in [0.05, 0.1) is 5.92 Å². The molecule has 0 aliphatic heterocycles. The van der Waals surface area contributed by atoms with E-state index in [4.69, 9.17) is 5.11 Å². The lowest BCUT2D eigenvalue weighted by molar-refractivity contribution is -0.141. The second-order valence-electron chi connectivity index (χ2n) is 2.20. The molecule has 54 valence electrons. The number of carbonyl (C=O) groups is 1. The van der Waals surface area contributed by atoms with Crippen LogP contribution in [0.4, 0.5) is 0 Å². The van der Waals surface area contributed by atoms with Gasteiger partial charge in [0, 0.05) is 6.04 Å². The Morgan fingerprint density at radius 1 is 1.56 bits per heavy atom. The Balaban J connectivity index is 3.72. The van der Waals surface area contributed by atoms with Crippen LogP contribution in [0.3, 0.4) is 0 Å². The summed E-state index contributed by atoms with van der Waals surface area (Å²) in [6.45, 7) is 3.53. The Kier molecular flexibility index (Phi) is 3.24. The van der Waals surface area contributed by atoms with Crippen LogP contribution in [0.2, 0.25) is 0 Å². The first-order valence-corrected chi connectivity index (χ1v) is 2.99. The van der Waals surface area contributed by atoms with E-state index in [1.807, 2.05) is 6.92 Å². The fourth-order valence-corrected chi connectivity index (χ4v) is 0.464. The summed E-state index contributed by atoms with van der Waals surface area (Å²) in [5, 5.41) is 11.3. The molecule has 3 nitrogen and oxygen atoms in total. The van der Waals surface area contributed by atoms with Crippen LogP contribution in [0.1, 0.15) is 13.8 Å². The highest BCUT2D eigenvalue weighted by Crippen LogP contribution is 2.00. The van der Waals surface area contributed by atoms with Crippen LogP contribution >= 0.6 is 0 Å². The van der Waals surface area contributed by atoms with E-state index in [9.17, 15) is 4.79 Å². The van der Waals surface area contributed by atoms with Gasteiger partial charge in [-0.3, -0.25) is 4.79 Å². The molecule has 0 unspecified atom stereocenters. The van der Waals surface area contributed by atoms with Crippen LogP contribution in [0, 0.1) is 5.92 Å². The minimum atomic E-state index is -0.753. The molecule has 0 aliphatic carbocycles. The van der Waals surface area contributed by atoms with E-state index in [-0.39, 0.29) is 12.0 Å². The molecule has 0 amide bonds. The van der Waals surface area contributed by atoms with E-state index in [2.05, 4.69) is 5.32 Å². The minimum absolute atomic E-state index is 0.0440. The third-order valence-corrected chi connectivity index (χ3v) is 1.59. The average molecular weight is 131 g/mol. The van der Waals surface area contributed by atoms with E-state index in [0.717, 1.165) is 0 Å². The third kappa shape index (κ3) is 2.46. The van der Waals surface area contributed by atoms with Crippen LogP contribution in [0.15, 0.2) is 0 Å². The van der Waals surface area contributed by atoms with E-state index >= 15 is 0 Å². The summed E-state index contributed by atoms with van der Waals surface area (Å²) in [6.07, 6.45) is 0. The molecule has 2 atom stereocenters. The van der Waals surface area contributed by atoms with Crippen LogP contribution < -0.4 is 5.32 Å². The average Bonchev–Trinajstić information content (AvgIpc) is 1.84. The van der Waals surface area contributed by atoms with Crippen LogP contribution in [-0.4, -0.2) is 24.2 Å². The molecule has 0 bridgehead atoms. The lowest BCUT2D eigenvalue weighted by Gasteiger charge is -2.13. The van der Waals surface area contributed by atoms with E-state index in [0.29, 0.717) is 0 Å². The SMILES string of the molecule is CN[C@@H](C)[C@H](C)C(=O)O. The van der Waals surface area contributed by atoms with Crippen molar-refractivity contribution in [3.63, 3.8) is 0 Å². The summed E-state index contributed by atoms with van der Waals surface area (Å²) in [5.41, 5.74) is 0. The lowest BCUT2D eigenvalue weighted by Crippen LogP contribution is -2.33. The van der Waals surface area contributed by atoms with Crippen LogP contribution in [0.5, 0.6) is 0 Å². The van der Waals surface area contributed by atoms with Crippen molar-refractivity contribution in [3.05, 3.63) is 0 Å². The quantitative estimate of drug-likeness (QED) is 0.579. The molecule has 0 aliphatic rings. The molecule has 9 heavy (non-hydrogen) atoms. The second kappa shape index (κ2) is 3.45. The summed E-state index contributed by atoms with van der Waals surface area (Å²) >= 11 is 0. The topological polar surface area (TPSA) is 49.3 Å². The molecule has 0 aromatic carbocycles. The maximum atomic E-state index is 10.3. The first-order chi connectivity index (χ1) is 4.09. The van der Waals surface area contributed by atoms with Gasteiger partial charge in [-0.1, -0.05) is 6.92 Å². The van der Waals surface area contributed by atoms with Crippen molar-refractivity contribution in [1.29, 1.82) is 0 Å². The number of rotatable bonds is 3. The van der Waals surface area contributed by atoms with Crippen molar-refractivity contribution in [1.82, 2.24) is 5.32 Å². The van der Waals surface area contributed by atoms with Gasteiger partial charge in [-0.25, -0.2) is 0 Å². The normalized spacial score (nSPS) is 16.8. The smallest absolute Gasteiger partial charge is 0.307 e. The Morgan fingerprint density at radius 2 is 2.00 bits per heavy atom. The fourth-order valence-electron chi connectivity index (χ4n) is 0.464. The summed E-state index contributed by atoms with van der Waals surface area (Å²) in [6, 6.07) is 0.0440. The van der Waals surface area contributed by atoms with Crippen molar-refractivity contribution in [2.45, 2.75) is 19.9 Å². The first kappa shape index (κ1) is 8.43. The van der Waals surface area contributed by atoms with Gasteiger partial charge < -0.3 is 10.4 Å². The number of hydrogen-bond donors (Lipinski definition) is 2. The standard InChI is InChI=1S/C6H13NO2/c1-4(6(8)9)5(2)7-3/h4-5,7H,1-3H3,(H,8,9)/t4-,5-/m0/s1. The molecule has 0 spiro atoms. The van der Waals surface area contributed by atoms with Crippen molar-refractivity contribution >= 4 is 5.97 Å².